The quantitative estimate of drug-likeness (QED) is 0.815. The highest BCUT2D eigenvalue weighted by Crippen LogP contribution is 2.38. The molecule has 1 aliphatic heterocycles. The number of benzene rings is 1. The first-order valence-electron chi connectivity index (χ1n) is 8.49. The van der Waals surface area contributed by atoms with Crippen LogP contribution in [0.4, 0.5) is 18.9 Å². The van der Waals surface area contributed by atoms with Crippen LogP contribution in [0.2, 0.25) is 0 Å². The summed E-state index contributed by atoms with van der Waals surface area (Å²) in [5, 5.41) is 11.2. The number of carbonyl (C=O) groups is 1. The molecule has 2 heterocycles. The molecule has 0 bridgehead atoms. The van der Waals surface area contributed by atoms with Crippen LogP contribution < -0.4 is 11.1 Å². The second-order valence-electron chi connectivity index (χ2n) is 6.41. The smallest absolute Gasteiger partial charge is 0.274 e. The third-order valence-electron chi connectivity index (χ3n) is 4.48. The summed E-state index contributed by atoms with van der Waals surface area (Å²) in [6.45, 7) is 0.976. The number of aliphatic imine (C=N–C) groups is 1. The third kappa shape index (κ3) is 3.90. The molecule has 0 fully saturated rings. The molecule has 0 aliphatic carbocycles. The lowest BCUT2D eigenvalue weighted by Gasteiger charge is -2.35. The zero-order valence-electron chi connectivity index (χ0n) is 15.2. The molecule has 7 nitrogen and oxygen atoms in total. The van der Waals surface area contributed by atoms with Gasteiger partial charge in [-0.15, -0.1) is 0 Å². The highest BCUT2D eigenvalue weighted by molar-refractivity contribution is 6.02. The number of aromatic nitrogens is 1. The normalized spacial score (nSPS) is 21.4. The Hall–Kier alpha value is -3.45. The van der Waals surface area contributed by atoms with Gasteiger partial charge in [-0.25, -0.2) is 18.2 Å². The number of nitrogens with one attached hydrogen (secondary N) is 1. The number of nitriles is 1. The number of hydrogen-bond acceptors (Lipinski definition) is 6. The van der Waals surface area contributed by atoms with E-state index in [4.69, 9.17) is 15.7 Å². The minimum atomic E-state index is -3.10. The maximum Gasteiger partial charge on any atom is 0.274 e. The largest absolute Gasteiger partial charge is 0.385 e. The van der Waals surface area contributed by atoms with Crippen LogP contribution in [0.1, 0.15) is 28.5 Å². The summed E-state index contributed by atoms with van der Waals surface area (Å²) in [6, 6.07) is 7.85. The molecule has 0 saturated heterocycles. The number of anilines is 1. The molecule has 0 spiro atoms. The standard InChI is InChI=1S/C19H16F3N5O2/c1-10-16(24)27-19(9-29-10,18(21)22)13-6-12(3-4-14(13)20)26-17(28)15-5-2-11(7-23)8-25-15/h2-6,8,10,18H,9H2,1H3,(H2,24,27)(H,26,28)/t10-,19-/m0/s1. The van der Waals surface area contributed by atoms with Crippen LogP contribution >= 0.6 is 0 Å². The highest BCUT2D eigenvalue weighted by Gasteiger charge is 2.47. The average Bonchev–Trinajstić information content (AvgIpc) is 2.71. The first kappa shape index (κ1) is 20.3. The fraction of sp³-hybridized carbons (Fsp3) is 0.263. The Morgan fingerprint density at radius 2 is 2.17 bits per heavy atom. The number of carbonyl (C=O) groups excluding carboxylic acids is 1. The minimum absolute atomic E-state index is 0.00413. The van der Waals surface area contributed by atoms with Crippen molar-refractivity contribution in [1.82, 2.24) is 4.98 Å². The summed E-state index contributed by atoms with van der Waals surface area (Å²) in [5.74, 6) is -1.77. The zero-order chi connectivity index (χ0) is 21.2. The molecule has 0 radical (unpaired) electrons. The lowest BCUT2D eigenvalue weighted by Crippen LogP contribution is -2.48. The predicted molar refractivity (Wildman–Crippen MR) is 98.0 cm³/mol. The van der Waals surface area contributed by atoms with E-state index in [1.165, 1.54) is 24.4 Å². The molecule has 2 atom stereocenters. The lowest BCUT2D eigenvalue weighted by atomic mass is 9.89. The molecule has 29 heavy (non-hydrogen) atoms. The van der Waals surface area contributed by atoms with Crippen molar-refractivity contribution >= 4 is 17.4 Å². The fourth-order valence-electron chi connectivity index (χ4n) is 2.78. The number of ether oxygens (including phenoxy) is 1. The molecule has 0 unspecified atom stereocenters. The SMILES string of the molecule is C[C@@H]1OC[C@](c2cc(NC(=O)c3ccc(C#N)cn3)ccc2F)(C(F)F)N=C1N. The van der Waals surface area contributed by atoms with Crippen molar-refractivity contribution in [3.05, 3.63) is 59.2 Å². The van der Waals surface area contributed by atoms with Crippen molar-refractivity contribution in [2.75, 3.05) is 11.9 Å². The molecule has 10 heteroatoms. The Morgan fingerprint density at radius 1 is 1.41 bits per heavy atom. The minimum Gasteiger partial charge on any atom is -0.385 e. The van der Waals surface area contributed by atoms with Crippen LogP contribution in [0, 0.1) is 17.1 Å². The van der Waals surface area contributed by atoms with Crippen LogP contribution in [0.5, 0.6) is 0 Å². The molecule has 150 valence electrons. The number of pyridine rings is 1. The second kappa shape index (κ2) is 7.89. The van der Waals surface area contributed by atoms with E-state index in [9.17, 15) is 18.0 Å². The highest BCUT2D eigenvalue weighted by atomic mass is 19.3. The van der Waals surface area contributed by atoms with Gasteiger partial charge in [0.05, 0.1) is 12.2 Å². The van der Waals surface area contributed by atoms with E-state index in [2.05, 4.69) is 15.3 Å². The van der Waals surface area contributed by atoms with E-state index in [1.54, 1.807) is 6.92 Å². The van der Waals surface area contributed by atoms with E-state index in [0.29, 0.717) is 0 Å². The molecule has 1 aromatic heterocycles. The molecule has 1 amide bonds. The molecular weight excluding hydrogens is 387 g/mol. The molecule has 2 aromatic rings. The van der Waals surface area contributed by atoms with Gasteiger partial charge in [-0.2, -0.15) is 5.26 Å². The van der Waals surface area contributed by atoms with Gasteiger partial charge in [0.1, 0.15) is 29.5 Å². The number of hydrogen-bond donors (Lipinski definition) is 2. The van der Waals surface area contributed by atoms with Crippen LogP contribution in [0.3, 0.4) is 0 Å². The van der Waals surface area contributed by atoms with Crippen molar-refractivity contribution in [2.45, 2.75) is 25.0 Å². The molecule has 3 rings (SSSR count). The van der Waals surface area contributed by atoms with E-state index >= 15 is 0 Å². The van der Waals surface area contributed by atoms with Gasteiger partial charge in [-0.05, 0) is 37.3 Å². The zero-order valence-corrected chi connectivity index (χ0v) is 15.2. The van der Waals surface area contributed by atoms with Crippen LogP contribution in [-0.2, 0) is 10.3 Å². The number of nitrogens with zero attached hydrogens (tertiary/aromatic N) is 3. The monoisotopic (exact) mass is 403 g/mol. The van der Waals surface area contributed by atoms with Gasteiger partial charge >= 0.3 is 0 Å². The Bertz CT molecular complexity index is 1000. The van der Waals surface area contributed by atoms with Gasteiger partial charge in [-0.3, -0.25) is 9.79 Å². The Balaban J connectivity index is 1.95. The second-order valence-corrected chi connectivity index (χ2v) is 6.41. The van der Waals surface area contributed by atoms with Crippen LogP contribution in [0.15, 0.2) is 41.5 Å². The van der Waals surface area contributed by atoms with Crippen molar-refractivity contribution < 1.29 is 22.7 Å². The van der Waals surface area contributed by atoms with Crippen molar-refractivity contribution in [3.63, 3.8) is 0 Å². The van der Waals surface area contributed by atoms with Gasteiger partial charge in [0.15, 0.2) is 5.54 Å². The first-order chi connectivity index (χ1) is 13.8. The molecule has 1 aromatic carbocycles. The molecular formula is C19H16F3N5O2. The Kier molecular flexibility index (Phi) is 5.52. The van der Waals surface area contributed by atoms with E-state index in [-0.39, 0.29) is 22.8 Å². The third-order valence-corrected chi connectivity index (χ3v) is 4.48. The summed E-state index contributed by atoms with van der Waals surface area (Å²) in [4.78, 5) is 20.0. The lowest BCUT2D eigenvalue weighted by molar-refractivity contribution is -0.0340. The molecule has 0 saturated carbocycles. The summed E-state index contributed by atoms with van der Waals surface area (Å²) in [6.07, 6.45) is -2.56. The Morgan fingerprint density at radius 3 is 2.76 bits per heavy atom. The predicted octanol–water partition coefficient (Wildman–Crippen LogP) is 2.58. The molecule has 1 aliphatic rings. The maximum atomic E-state index is 14.5. The van der Waals surface area contributed by atoms with Crippen molar-refractivity contribution in [3.8, 4) is 6.07 Å². The number of rotatable bonds is 4. The summed E-state index contributed by atoms with van der Waals surface area (Å²) in [7, 11) is 0. The van der Waals surface area contributed by atoms with Gasteiger partial charge in [-0.1, -0.05) is 0 Å². The summed E-state index contributed by atoms with van der Waals surface area (Å²) >= 11 is 0. The maximum absolute atomic E-state index is 14.5. The van der Waals surface area contributed by atoms with Crippen molar-refractivity contribution in [1.29, 1.82) is 5.26 Å². The number of amides is 1. The number of nitrogens with two attached hydrogens (primary N) is 1. The van der Waals surface area contributed by atoms with E-state index in [0.717, 1.165) is 12.1 Å². The first-order valence-corrected chi connectivity index (χ1v) is 8.49. The average molecular weight is 403 g/mol. The molecule has 3 N–H and O–H groups in total. The van der Waals surface area contributed by atoms with Gasteiger partial charge in [0.2, 0.25) is 0 Å². The summed E-state index contributed by atoms with van der Waals surface area (Å²) < 4.78 is 47.6. The topological polar surface area (TPSA) is 113 Å². The number of alkyl halides is 2. The number of amidine groups is 1. The van der Waals surface area contributed by atoms with Gasteiger partial charge < -0.3 is 15.8 Å². The Labute approximate surface area is 164 Å². The van der Waals surface area contributed by atoms with Crippen LogP contribution in [0.25, 0.3) is 0 Å². The van der Waals surface area contributed by atoms with Crippen molar-refractivity contribution in [2.24, 2.45) is 10.7 Å². The summed E-state index contributed by atoms with van der Waals surface area (Å²) in [5.41, 5.74) is 3.22. The van der Waals surface area contributed by atoms with E-state index < -0.39 is 42.0 Å². The number of halogens is 3. The van der Waals surface area contributed by atoms with Gasteiger partial charge in [0, 0.05) is 17.4 Å². The fourth-order valence-corrected chi connectivity index (χ4v) is 2.78. The van der Waals surface area contributed by atoms with Crippen LogP contribution in [-0.4, -0.2) is 35.9 Å². The van der Waals surface area contributed by atoms with Gasteiger partial charge in [0.25, 0.3) is 12.3 Å². The van der Waals surface area contributed by atoms with E-state index in [1.807, 2.05) is 6.07 Å².